The van der Waals surface area contributed by atoms with Crippen molar-refractivity contribution in [1.82, 2.24) is 14.5 Å². The molecule has 0 radical (unpaired) electrons. The van der Waals surface area contributed by atoms with Crippen molar-refractivity contribution >= 4 is 28.4 Å². The van der Waals surface area contributed by atoms with Crippen molar-refractivity contribution in [2.45, 2.75) is 17.5 Å². The molecule has 1 rings (SSSR count). The van der Waals surface area contributed by atoms with E-state index in [1.807, 2.05) is 11.6 Å². The normalized spacial score (nSPS) is 13.1. The molecule has 1 atom stereocenters. The van der Waals surface area contributed by atoms with Crippen LogP contribution >= 0.6 is 22.5 Å². The van der Waals surface area contributed by atoms with Gasteiger partial charge < -0.3 is 9.67 Å². The molecule has 0 aliphatic rings. The number of carboxylic acids is 1. The maximum absolute atomic E-state index is 11.0. The fraction of sp³-hybridized carbons (Fsp3) is 0.556. The third kappa shape index (κ3) is 2.93. The third-order valence-electron chi connectivity index (χ3n) is 2.34. The van der Waals surface area contributed by atoms with E-state index in [-0.39, 0.29) is 0 Å². The van der Waals surface area contributed by atoms with Gasteiger partial charge in [-0.2, -0.15) is 0 Å². The molecule has 0 fully saturated rings. The summed E-state index contributed by atoms with van der Waals surface area (Å²) in [5, 5.41) is 9.96. The topological polar surface area (TPSA) is 58.4 Å². The van der Waals surface area contributed by atoms with Crippen LogP contribution in [0.5, 0.6) is 0 Å². The molecule has 5 nitrogen and oxygen atoms in total. The number of aliphatic carboxylic acids is 1. The van der Waals surface area contributed by atoms with Crippen molar-refractivity contribution in [3.05, 3.63) is 12.0 Å². The Morgan fingerprint density at radius 3 is 2.81 bits per heavy atom. The number of hydrogen-bond donors (Lipinski definition) is 2. The van der Waals surface area contributed by atoms with Crippen molar-refractivity contribution in [3.8, 4) is 0 Å². The Labute approximate surface area is 104 Å². The van der Waals surface area contributed by atoms with E-state index < -0.39 is 12.0 Å². The van der Waals surface area contributed by atoms with Gasteiger partial charge in [0.2, 0.25) is 0 Å². The molecule has 0 spiro atoms. The summed E-state index contributed by atoms with van der Waals surface area (Å²) in [6.07, 6.45) is 2.05. The SMILES string of the molecule is CN(C)[C@@H](Cc1ncn(C)c1SS)C(=O)O. The lowest BCUT2D eigenvalue weighted by molar-refractivity contribution is -0.142. The number of carbonyl (C=O) groups is 1. The number of aryl methyl sites for hydroxylation is 1. The lowest BCUT2D eigenvalue weighted by atomic mass is 10.1. The van der Waals surface area contributed by atoms with Crippen molar-refractivity contribution in [3.63, 3.8) is 0 Å². The maximum Gasteiger partial charge on any atom is 0.321 e. The minimum absolute atomic E-state index is 0.381. The molecule has 0 aliphatic carbocycles. The highest BCUT2D eigenvalue weighted by Gasteiger charge is 2.23. The molecule has 1 N–H and O–H groups in total. The van der Waals surface area contributed by atoms with E-state index in [2.05, 4.69) is 16.6 Å². The van der Waals surface area contributed by atoms with Crippen LogP contribution < -0.4 is 0 Å². The van der Waals surface area contributed by atoms with Crippen molar-refractivity contribution in [2.24, 2.45) is 7.05 Å². The highest BCUT2D eigenvalue weighted by Crippen LogP contribution is 2.25. The van der Waals surface area contributed by atoms with Crippen LogP contribution in [0.2, 0.25) is 0 Å². The van der Waals surface area contributed by atoms with E-state index in [4.69, 9.17) is 5.11 Å². The number of nitrogens with zero attached hydrogens (tertiary/aromatic N) is 3. The summed E-state index contributed by atoms with van der Waals surface area (Å²) in [6, 6.07) is -0.561. The Balaban J connectivity index is 2.89. The van der Waals surface area contributed by atoms with Crippen LogP contribution in [-0.4, -0.2) is 45.7 Å². The first-order valence-corrected chi connectivity index (χ1v) is 6.55. The van der Waals surface area contributed by atoms with Gasteiger partial charge in [-0.05, 0) is 24.9 Å². The summed E-state index contributed by atoms with van der Waals surface area (Å²) in [4.78, 5) is 16.9. The third-order valence-corrected chi connectivity index (χ3v) is 3.55. The molecule has 7 heteroatoms. The number of carboxylic acid groups (broad SMARTS) is 1. The Hall–Kier alpha value is -0.660. The largest absolute Gasteiger partial charge is 0.480 e. The zero-order valence-corrected chi connectivity index (χ0v) is 11.1. The van der Waals surface area contributed by atoms with Crippen LogP contribution in [0.15, 0.2) is 11.4 Å². The highest BCUT2D eigenvalue weighted by atomic mass is 33.1. The highest BCUT2D eigenvalue weighted by molar-refractivity contribution is 8.68. The van der Waals surface area contributed by atoms with E-state index in [1.54, 1.807) is 25.3 Å². The lowest BCUT2D eigenvalue weighted by Crippen LogP contribution is -2.37. The zero-order valence-electron chi connectivity index (χ0n) is 9.41. The van der Waals surface area contributed by atoms with E-state index in [0.29, 0.717) is 6.42 Å². The Kier molecular flexibility index (Phi) is 4.69. The summed E-state index contributed by atoms with van der Waals surface area (Å²) in [5.74, 6) is -0.842. The number of aromatic nitrogens is 2. The second-order valence-corrected chi connectivity index (χ2v) is 4.84. The van der Waals surface area contributed by atoms with Crippen LogP contribution in [0.4, 0.5) is 0 Å². The molecule has 1 aromatic heterocycles. The van der Waals surface area contributed by atoms with E-state index in [0.717, 1.165) is 10.7 Å². The summed E-state index contributed by atoms with van der Waals surface area (Å²) in [6.45, 7) is 0. The standard InChI is InChI=1S/C9H15N3O2S2/c1-11(2)7(9(13)14)4-6-8(16-15)12(3)5-10-6/h5,7,15H,4H2,1-3H3,(H,13,14)/t7-/m0/s1. The molecule has 90 valence electrons. The average molecular weight is 261 g/mol. The molecule has 0 aromatic carbocycles. The van der Waals surface area contributed by atoms with Crippen molar-refractivity contribution in [2.75, 3.05) is 14.1 Å². The monoisotopic (exact) mass is 261 g/mol. The Bertz CT molecular complexity index is 379. The number of hydrogen-bond acceptors (Lipinski definition) is 5. The van der Waals surface area contributed by atoms with Crippen LogP contribution in [0.3, 0.4) is 0 Å². The van der Waals surface area contributed by atoms with Gasteiger partial charge in [0.25, 0.3) is 0 Å². The van der Waals surface area contributed by atoms with Gasteiger partial charge in [0.1, 0.15) is 11.1 Å². The molecule has 0 unspecified atom stereocenters. The number of thiol groups is 1. The first-order valence-electron chi connectivity index (χ1n) is 4.68. The Morgan fingerprint density at radius 1 is 1.75 bits per heavy atom. The van der Waals surface area contributed by atoms with Gasteiger partial charge in [0.05, 0.1) is 12.0 Å². The molecule has 0 saturated carbocycles. The second-order valence-electron chi connectivity index (χ2n) is 3.72. The maximum atomic E-state index is 11.0. The van der Waals surface area contributed by atoms with Gasteiger partial charge in [-0.25, -0.2) is 4.98 Å². The van der Waals surface area contributed by atoms with Gasteiger partial charge in [0.15, 0.2) is 0 Å². The fourth-order valence-corrected chi connectivity index (χ4v) is 2.52. The quantitative estimate of drug-likeness (QED) is 0.609. The van der Waals surface area contributed by atoms with E-state index in [9.17, 15) is 4.79 Å². The summed E-state index contributed by atoms with van der Waals surface area (Å²) in [5.41, 5.74) is 0.767. The minimum Gasteiger partial charge on any atom is -0.480 e. The van der Waals surface area contributed by atoms with Gasteiger partial charge in [-0.15, -0.1) is 11.7 Å². The summed E-state index contributed by atoms with van der Waals surface area (Å²) < 4.78 is 1.83. The average Bonchev–Trinajstić information content (AvgIpc) is 2.54. The predicted octanol–water partition coefficient (Wildman–Crippen LogP) is 0.914. The first kappa shape index (κ1) is 13.4. The van der Waals surface area contributed by atoms with Gasteiger partial charge in [-0.1, -0.05) is 0 Å². The molecule has 0 bridgehead atoms. The molecular formula is C9H15N3O2S2. The molecule has 0 saturated heterocycles. The zero-order chi connectivity index (χ0) is 12.3. The van der Waals surface area contributed by atoms with Crippen molar-refractivity contribution in [1.29, 1.82) is 0 Å². The minimum atomic E-state index is -0.842. The molecule has 1 heterocycles. The molecular weight excluding hydrogens is 246 g/mol. The number of imidazole rings is 1. The molecule has 16 heavy (non-hydrogen) atoms. The molecule has 0 amide bonds. The summed E-state index contributed by atoms with van der Waals surface area (Å²) >= 11 is 4.14. The first-order chi connectivity index (χ1) is 7.47. The van der Waals surface area contributed by atoms with Crippen LogP contribution in [-0.2, 0) is 18.3 Å². The van der Waals surface area contributed by atoms with Crippen LogP contribution in [0, 0.1) is 0 Å². The van der Waals surface area contributed by atoms with Gasteiger partial charge >= 0.3 is 5.97 Å². The molecule has 0 aliphatic heterocycles. The smallest absolute Gasteiger partial charge is 0.321 e. The van der Waals surface area contributed by atoms with Crippen LogP contribution in [0.1, 0.15) is 5.69 Å². The van der Waals surface area contributed by atoms with Gasteiger partial charge in [-0.3, -0.25) is 9.69 Å². The van der Waals surface area contributed by atoms with E-state index in [1.165, 1.54) is 10.8 Å². The number of likely N-dealkylation sites (N-methyl/N-ethyl adjacent to an activating group) is 1. The number of rotatable bonds is 5. The van der Waals surface area contributed by atoms with Crippen LogP contribution in [0.25, 0.3) is 0 Å². The van der Waals surface area contributed by atoms with Crippen molar-refractivity contribution < 1.29 is 9.90 Å². The lowest BCUT2D eigenvalue weighted by Gasteiger charge is -2.19. The second kappa shape index (κ2) is 5.60. The predicted molar refractivity (Wildman–Crippen MR) is 66.9 cm³/mol. The molecule has 1 aromatic rings. The Morgan fingerprint density at radius 2 is 2.38 bits per heavy atom. The van der Waals surface area contributed by atoms with Gasteiger partial charge in [0, 0.05) is 13.5 Å². The van der Waals surface area contributed by atoms with E-state index >= 15 is 0 Å². The summed E-state index contributed by atoms with van der Waals surface area (Å²) in [7, 11) is 6.63. The fourth-order valence-electron chi connectivity index (χ4n) is 1.40.